The summed E-state index contributed by atoms with van der Waals surface area (Å²) in [5.74, 6) is -0.588. The number of amides is 2. The van der Waals surface area contributed by atoms with Gasteiger partial charge in [-0.2, -0.15) is 4.99 Å². The Bertz CT molecular complexity index is 709. The average Bonchev–Trinajstić information content (AvgIpc) is 2.39. The van der Waals surface area contributed by atoms with E-state index < -0.39 is 11.5 Å². The van der Waals surface area contributed by atoms with Crippen molar-refractivity contribution in [2.24, 2.45) is 16.5 Å². The number of hydrogen-bond donors (Lipinski definition) is 2. The van der Waals surface area contributed by atoms with Gasteiger partial charge < -0.3 is 21.1 Å². The Labute approximate surface area is 142 Å². The van der Waals surface area contributed by atoms with Crippen LogP contribution >= 0.6 is 15.9 Å². The van der Waals surface area contributed by atoms with Crippen molar-refractivity contribution in [3.05, 3.63) is 22.2 Å². The number of fused-ring (bicyclic) bond motifs is 1. The second kappa shape index (κ2) is 5.84. The molecule has 0 fully saturated rings. The molecule has 0 bridgehead atoms. The van der Waals surface area contributed by atoms with Crippen LogP contribution in [0.2, 0.25) is 0 Å². The number of ether oxygens (including phenoxy) is 1. The van der Waals surface area contributed by atoms with Crippen molar-refractivity contribution in [2.75, 3.05) is 4.90 Å². The smallest absolute Gasteiger partial charge is 0.280 e. The molecule has 23 heavy (non-hydrogen) atoms. The molecule has 1 aliphatic heterocycles. The van der Waals surface area contributed by atoms with Crippen molar-refractivity contribution in [1.82, 2.24) is 0 Å². The van der Waals surface area contributed by atoms with Gasteiger partial charge in [0, 0.05) is 11.6 Å². The number of carbonyl (C=O) groups is 2. The molecule has 0 aliphatic carbocycles. The highest BCUT2D eigenvalue weighted by Gasteiger charge is 2.43. The largest absolute Gasteiger partial charge is 0.475 e. The number of hydrogen-bond acceptors (Lipinski definition) is 3. The Kier molecular flexibility index (Phi) is 4.39. The molecule has 4 N–H and O–H groups in total. The van der Waals surface area contributed by atoms with E-state index in [0.29, 0.717) is 15.9 Å². The summed E-state index contributed by atoms with van der Waals surface area (Å²) in [7, 11) is 0. The highest BCUT2D eigenvalue weighted by molar-refractivity contribution is 9.10. The van der Waals surface area contributed by atoms with Crippen LogP contribution in [0.3, 0.4) is 0 Å². The van der Waals surface area contributed by atoms with E-state index in [1.807, 2.05) is 13.8 Å². The molecule has 124 valence electrons. The van der Waals surface area contributed by atoms with Crippen LogP contribution in [-0.2, 0) is 4.79 Å². The molecule has 0 radical (unpaired) electrons. The molecule has 1 aromatic carbocycles. The lowest BCUT2D eigenvalue weighted by Gasteiger charge is -2.41. The van der Waals surface area contributed by atoms with Crippen molar-refractivity contribution in [2.45, 2.75) is 39.3 Å². The lowest BCUT2D eigenvalue weighted by Crippen LogP contribution is -2.54. The minimum Gasteiger partial charge on any atom is -0.475 e. The number of benzene rings is 1. The van der Waals surface area contributed by atoms with Gasteiger partial charge in [0.05, 0.1) is 10.2 Å². The minimum atomic E-state index is -0.995. The number of nitrogens with two attached hydrogens (primary N) is 2. The molecule has 8 heteroatoms. The molecule has 2 rings (SSSR count). The predicted octanol–water partition coefficient (Wildman–Crippen LogP) is 1.78. The summed E-state index contributed by atoms with van der Waals surface area (Å²) in [5.41, 5.74) is 10.3. The Morgan fingerprint density at radius 3 is 2.48 bits per heavy atom. The van der Waals surface area contributed by atoms with Crippen LogP contribution in [0.4, 0.5) is 5.69 Å². The van der Waals surface area contributed by atoms with Crippen molar-refractivity contribution in [1.29, 1.82) is 0 Å². The fraction of sp³-hybridized carbons (Fsp3) is 0.400. The summed E-state index contributed by atoms with van der Waals surface area (Å²) in [6, 6.07) is 3.02. The first-order chi connectivity index (χ1) is 10.5. The molecule has 7 nitrogen and oxygen atoms in total. The number of aliphatic imine (C=N–C) groups is 1. The second-order valence-corrected chi connectivity index (χ2v) is 6.88. The van der Waals surface area contributed by atoms with E-state index in [4.69, 9.17) is 16.2 Å². The normalized spacial score (nSPS) is 15.9. The van der Waals surface area contributed by atoms with Crippen molar-refractivity contribution in [3.8, 4) is 5.75 Å². The van der Waals surface area contributed by atoms with E-state index in [1.165, 1.54) is 0 Å². The SMILES string of the molecule is CC(C)N1C(=O)C(C)(C)Oc2c(Br)cc(C(=O)N=C(N)N)cc21. The van der Waals surface area contributed by atoms with Crippen LogP contribution < -0.4 is 21.1 Å². The minimum absolute atomic E-state index is 0.107. The van der Waals surface area contributed by atoms with Gasteiger partial charge in [-0.3, -0.25) is 9.59 Å². The van der Waals surface area contributed by atoms with Gasteiger partial charge in [-0.1, -0.05) is 0 Å². The van der Waals surface area contributed by atoms with E-state index in [9.17, 15) is 9.59 Å². The number of halogens is 1. The van der Waals surface area contributed by atoms with Gasteiger partial charge in [0.1, 0.15) is 0 Å². The third kappa shape index (κ3) is 3.17. The summed E-state index contributed by atoms with van der Waals surface area (Å²) in [5, 5.41) is 0. The van der Waals surface area contributed by atoms with E-state index in [2.05, 4.69) is 20.9 Å². The lowest BCUT2D eigenvalue weighted by atomic mass is 10.0. The van der Waals surface area contributed by atoms with Gasteiger partial charge in [0.25, 0.3) is 11.8 Å². The highest BCUT2D eigenvalue weighted by Crippen LogP contribution is 2.44. The molecule has 0 spiro atoms. The standard InChI is InChI=1S/C15H19BrN4O3/c1-7(2)20-10-6-8(12(21)19-14(17)18)5-9(16)11(10)23-15(3,4)13(20)22/h5-7H,1-4H3,(H4,17,18,19,21). The van der Waals surface area contributed by atoms with Gasteiger partial charge in [-0.15, -0.1) is 0 Å². The summed E-state index contributed by atoms with van der Waals surface area (Å²) in [6.07, 6.45) is 0. The summed E-state index contributed by atoms with van der Waals surface area (Å²) < 4.78 is 6.38. The van der Waals surface area contributed by atoms with Gasteiger partial charge >= 0.3 is 0 Å². The quantitative estimate of drug-likeness (QED) is 0.597. The molecule has 1 heterocycles. The van der Waals surface area contributed by atoms with E-state index >= 15 is 0 Å². The maximum absolute atomic E-state index is 12.7. The third-order valence-corrected chi connectivity index (χ3v) is 3.96. The number of carbonyl (C=O) groups excluding carboxylic acids is 2. The molecule has 2 amide bonds. The second-order valence-electron chi connectivity index (χ2n) is 6.03. The van der Waals surface area contributed by atoms with E-state index in [-0.39, 0.29) is 23.5 Å². The number of nitrogens with zero attached hydrogens (tertiary/aromatic N) is 2. The number of rotatable bonds is 2. The third-order valence-electron chi connectivity index (χ3n) is 3.37. The molecule has 0 atom stereocenters. The molecular formula is C15H19BrN4O3. The maximum atomic E-state index is 12.7. The van der Waals surface area contributed by atoms with Crippen LogP contribution in [0.25, 0.3) is 0 Å². The van der Waals surface area contributed by atoms with Gasteiger partial charge in [0.2, 0.25) is 0 Å². The van der Waals surface area contributed by atoms with Gasteiger partial charge in [0.15, 0.2) is 17.3 Å². The van der Waals surface area contributed by atoms with E-state index in [1.54, 1.807) is 30.9 Å². The zero-order chi connectivity index (χ0) is 17.5. The number of anilines is 1. The van der Waals surface area contributed by atoms with Crippen LogP contribution in [0.5, 0.6) is 5.75 Å². The zero-order valence-electron chi connectivity index (χ0n) is 13.4. The Morgan fingerprint density at radius 1 is 1.35 bits per heavy atom. The molecular weight excluding hydrogens is 364 g/mol. The summed E-state index contributed by atoms with van der Waals surface area (Å²) >= 11 is 3.39. The van der Waals surface area contributed by atoms with Crippen LogP contribution in [-0.4, -0.2) is 29.4 Å². The Hall–Kier alpha value is -2.09. The van der Waals surface area contributed by atoms with Crippen LogP contribution in [0.1, 0.15) is 38.1 Å². The Balaban J connectivity index is 2.64. The van der Waals surface area contributed by atoms with E-state index in [0.717, 1.165) is 0 Å². The zero-order valence-corrected chi connectivity index (χ0v) is 15.0. The van der Waals surface area contributed by atoms with Crippen LogP contribution in [0.15, 0.2) is 21.6 Å². The maximum Gasteiger partial charge on any atom is 0.280 e. The molecule has 1 aromatic rings. The average molecular weight is 383 g/mol. The first-order valence-electron chi connectivity index (χ1n) is 7.04. The van der Waals surface area contributed by atoms with Gasteiger partial charge in [-0.05, 0) is 55.8 Å². The van der Waals surface area contributed by atoms with Crippen molar-refractivity contribution in [3.63, 3.8) is 0 Å². The Morgan fingerprint density at radius 2 is 1.96 bits per heavy atom. The monoisotopic (exact) mass is 382 g/mol. The first kappa shape index (κ1) is 17.3. The van der Waals surface area contributed by atoms with Crippen molar-refractivity contribution >= 4 is 39.4 Å². The molecule has 0 saturated heterocycles. The fourth-order valence-electron chi connectivity index (χ4n) is 2.38. The summed E-state index contributed by atoms with van der Waals surface area (Å²) in [6.45, 7) is 7.19. The molecule has 0 saturated carbocycles. The topological polar surface area (TPSA) is 111 Å². The van der Waals surface area contributed by atoms with Crippen molar-refractivity contribution < 1.29 is 14.3 Å². The molecule has 0 aromatic heterocycles. The lowest BCUT2D eigenvalue weighted by molar-refractivity contribution is -0.133. The van der Waals surface area contributed by atoms with Gasteiger partial charge in [-0.25, -0.2) is 0 Å². The molecule has 0 unspecified atom stereocenters. The number of guanidine groups is 1. The first-order valence-corrected chi connectivity index (χ1v) is 7.84. The molecule has 1 aliphatic rings. The fourth-order valence-corrected chi connectivity index (χ4v) is 2.91. The van der Waals surface area contributed by atoms with Crippen LogP contribution in [0, 0.1) is 0 Å². The summed E-state index contributed by atoms with van der Waals surface area (Å²) in [4.78, 5) is 29.9. The predicted molar refractivity (Wildman–Crippen MR) is 91.6 cm³/mol. The highest BCUT2D eigenvalue weighted by atomic mass is 79.9.